The zero-order valence-electron chi connectivity index (χ0n) is 16.1. The summed E-state index contributed by atoms with van der Waals surface area (Å²) in [4.78, 5) is 18.6. The van der Waals surface area contributed by atoms with Crippen LogP contribution in [0.4, 0.5) is 0 Å². The maximum atomic E-state index is 12.5. The van der Waals surface area contributed by atoms with Gasteiger partial charge in [-0.1, -0.05) is 74.5 Å². The molecule has 5 heteroatoms. The highest BCUT2D eigenvalue weighted by molar-refractivity contribution is 5.76. The van der Waals surface area contributed by atoms with Crippen LogP contribution >= 0.6 is 0 Å². The average Bonchev–Trinajstić information content (AvgIpc) is 3.11. The summed E-state index contributed by atoms with van der Waals surface area (Å²) in [6.07, 6.45) is -0.0262. The molecule has 2 atom stereocenters. The van der Waals surface area contributed by atoms with E-state index in [0.717, 1.165) is 11.1 Å². The highest BCUT2D eigenvalue weighted by atomic mass is 16.8. The van der Waals surface area contributed by atoms with Crippen LogP contribution in [0.5, 0.6) is 0 Å². The molecular formula is C22H27NO4. The summed E-state index contributed by atoms with van der Waals surface area (Å²) >= 11 is 0. The minimum Gasteiger partial charge on any atom is -0.468 e. The fraction of sp³-hybridized carbons (Fsp3) is 0.409. The lowest BCUT2D eigenvalue weighted by Gasteiger charge is -2.30. The van der Waals surface area contributed by atoms with Crippen molar-refractivity contribution >= 4 is 5.97 Å². The van der Waals surface area contributed by atoms with Gasteiger partial charge in [0.15, 0.2) is 6.29 Å². The molecule has 0 N–H and O–H groups in total. The van der Waals surface area contributed by atoms with E-state index >= 15 is 0 Å². The van der Waals surface area contributed by atoms with Gasteiger partial charge in [-0.2, -0.15) is 5.06 Å². The molecular weight excluding hydrogens is 342 g/mol. The van der Waals surface area contributed by atoms with Crippen molar-refractivity contribution in [3.05, 3.63) is 71.8 Å². The molecule has 1 aliphatic rings. The van der Waals surface area contributed by atoms with Gasteiger partial charge in [-0.25, -0.2) is 0 Å². The van der Waals surface area contributed by atoms with E-state index in [-0.39, 0.29) is 12.0 Å². The van der Waals surface area contributed by atoms with E-state index in [1.165, 1.54) is 7.11 Å². The van der Waals surface area contributed by atoms with Gasteiger partial charge in [-0.3, -0.25) is 9.63 Å². The summed E-state index contributed by atoms with van der Waals surface area (Å²) in [5.74, 6) is 0.0702. The van der Waals surface area contributed by atoms with Crippen LogP contribution in [0.2, 0.25) is 0 Å². The fourth-order valence-corrected chi connectivity index (χ4v) is 3.27. The fourth-order valence-electron chi connectivity index (χ4n) is 3.27. The van der Waals surface area contributed by atoms with Crippen molar-refractivity contribution in [3.8, 4) is 0 Å². The molecule has 1 aliphatic heterocycles. The number of nitrogens with zero attached hydrogens (tertiary/aromatic N) is 1. The van der Waals surface area contributed by atoms with Gasteiger partial charge in [0.2, 0.25) is 0 Å². The van der Waals surface area contributed by atoms with Crippen molar-refractivity contribution in [2.75, 3.05) is 13.7 Å². The Kier molecular flexibility index (Phi) is 6.61. The van der Waals surface area contributed by atoms with E-state index < -0.39 is 12.3 Å². The maximum Gasteiger partial charge on any atom is 0.325 e. The summed E-state index contributed by atoms with van der Waals surface area (Å²) in [6, 6.07) is 19.3. The van der Waals surface area contributed by atoms with E-state index in [4.69, 9.17) is 14.3 Å². The molecule has 0 spiro atoms. The number of rotatable bonds is 7. The Morgan fingerprint density at radius 2 is 1.63 bits per heavy atom. The van der Waals surface area contributed by atoms with Gasteiger partial charge in [0.25, 0.3) is 0 Å². The van der Waals surface area contributed by atoms with Gasteiger partial charge >= 0.3 is 5.97 Å². The molecule has 5 nitrogen and oxygen atoms in total. The molecule has 0 unspecified atom stereocenters. The van der Waals surface area contributed by atoms with Gasteiger partial charge < -0.3 is 9.47 Å². The molecule has 1 fully saturated rings. The highest BCUT2D eigenvalue weighted by Gasteiger charge is 2.44. The predicted octanol–water partition coefficient (Wildman–Crippen LogP) is 3.95. The zero-order chi connectivity index (χ0) is 19.2. The van der Waals surface area contributed by atoms with Gasteiger partial charge in [0.1, 0.15) is 6.04 Å². The molecule has 27 heavy (non-hydrogen) atoms. The first kappa shape index (κ1) is 19.5. The SMILES string of the molecule is COC(=O)[C@H]1C[C@@H](OCC(C)C)ON1C(c1ccccc1)c1ccccc1. The lowest BCUT2D eigenvalue weighted by Crippen LogP contribution is -2.39. The molecule has 0 saturated carbocycles. The zero-order valence-corrected chi connectivity index (χ0v) is 16.1. The normalized spacial score (nSPS) is 20.3. The summed E-state index contributed by atoms with van der Waals surface area (Å²) < 4.78 is 10.9. The van der Waals surface area contributed by atoms with E-state index in [1.54, 1.807) is 5.06 Å². The van der Waals surface area contributed by atoms with Crippen LogP contribution < -0.4 is 0 Å². The summed E-state index contributed by atoms with van der Waals surface area (Å²) in [6.45, 7) is 4.75. The molecule has 0 amide bonds. The first-order valence-corrected chi connectivity index (χ1v) is 9.34. The number of benzene rings is 2. The Balaban J connectivity index is 1.94. The molecule has 0 aliphatic carbocycles. The largest absolute Gasteiger partial charge is 0.468 e. The van der Waals surface area contributed by atoms with Gasteiger partial charge in [-0.05, 0) is 17.0 Å². The van der Waals surface area contributed by atoms with E-state index in [0.29, 0.717) is 18.9 Å². The number of carbonyl (C=O) groups is 1. The van der Waals surface area contributed by atoms with E-state index in [9.17, 15) is 4.79 Å². The van der Waals surface area contributed by atoms with Gasteiger partial charge in [-0.15, -0.1) is 0 Å². The van der Waals surface area contributed by atoms with Crippen LogP contribution in [-0.2, 0) is 19.1 Å². The molecule has 0 aromatic heterocycles. The monoisotopic (exact) mass is 369 g/mol. The van der Waals surface area contributed by atoms with Crippen molar-refractivity contribution in [2.45, 2.75) is 38.6 Å². The minimum atomic E-state index is -0.530. The molecule has 2 aromatic carbocycles. The first-order valence-electron chi connectivity index (χ1n) is 9.34. The Labute approximate surface area is 160 Å². The second-order valence-corrected chi connectivity index (χ2v) is 7.12. The van der Waals surface area contributed by atoms with Gasteiger partial charge in [0, 0.05) is 6.42 Å². The van der Waals surface area contributed by atoms with E-state index in [1.807, 2.05) is 60.7 Å². The quantitative estimate of drug-likeness (QED) is 0.692. The molecule has 1 saturated heterocycles. The third kappa shape index (κ3) is 4.75. The topological polar surface area (TPSA) is 48.0 Å². The minimum absolute atomic E-state index is 0.232. The van der Waals surface area contributed by atoms with Crippen molar-refractivity contribution in [2.24, 2.45) is 5.92 Å². The second kappa shape index (κ2) is 9.13. The second-order valence-electron chi connectivity index (χ2n) is 7.12. The van der Waals surface area contributed by atoms with Crippen molar-refractivity contribution < 1.29 is 19.1 Å². The lowest BCUT2D eigenvalue weighted by molar-refractivity contribution is -0.254. The molecule has 0 bridgehead atoms. The summed E-state index contributed by atoms with van der Waals surface area (Å²) in [7, 11) is 1.41. The maximum absolute atomic E-state index is 12.5. The Morgan fingerprint density at radius 3 is 2.11 bits per heavy atom. The third-order valence-electron chi connectivity index (χ3n) is 4.54. The summed E-state index contributed by atoms with van der Waals surface area (Å²) in [5.41, 5.74) is 2.09. The highest BCUT2D eigenvalue weighted by Crippen LogP contribution is 2.37. The Morgan fingerprint density at radius 1 is 1.07 bits per heavy atom. The number of hydrogen-bond donors (Lipinski definition) is 0. The van der Waals surface area contributed by atoms with Crippen LogP contribution in [0.3, 0.4) is 0 Å². The Bertz CT molecular complexity index is 680. The average molecular weight is 369 g/mol. The number of methoxy groups -OCH3 is 1. The summed E-state index contributed by atoms with van der Waals surface area (Å²) in [5, 5.41) is 1.74. The van der Waals surface area contributed by atoms with Crippen LogP contribution in [-0.4, -0.2) is 37.1 Å². The van der Waals surface area contributed by atoms with Crippen LogP contribution in [0.15, 0.2) is 60.7 Å². The Hall–Kier alpha value is -2.21. The molecule has 144 valence electrons. The molecule has 2 aromatic rings. The lowest BCUT2D eigenvalue weighted by atomic mass is 9.97. The van der Waals surface area contributed by atoms with Gasteiger partial charge in [0.05, 0.1) is 19.8 Å². The first-order chi connectivity index (χ1) is 13.1. The molecule has 1 heterocycles. The van der Waals surface area contributed by atoms with E-state index in [2.05, 4.69) is 13.8 Å². The number of carbonyl (C=O) groups excluding carboxylic acids is 1. The van der Waals surface area contributed by atoms with Crippen molar-refractivity contribution in [1.82, 2.24) is 5.06 Å². The smallest absolute Gasteiger partial charge is 0.325 e. The number of esters is 1. The van der Waals surface area contributed by atoms with Crippen LogP contribution in [0.1, 0.15) is 37.4 Å². The number of hydrogen-bond acceptors (Lipinski definition) is 5. The van der Waals surface area contributed by atoms with Crippen molar-refractivity contribution in [1.29, 1.82) is 0 Å². The third-order valence-corrected chi connectivity index (χ3v) is 4.54. The molecule has 3 rings (SSSR count). The molecule has 0 radical (unpaired) electrons. The predicted molar refractivity (Wildman–Crippen MR) is 103 cm³/mol. The standard InChI is InChI=1S/C22H27NO4/c1-16(2)15-26-20-14-19(22(24)25-3)23(27-20)21(17-10-6-4-7-11-17)18-12-8-5-9-13-18/h4-13,16,19-21H,14-15H2,1-3H3/t19-,20+/m1/s1. The van der Waals surface area contributed by atoms with Crippen molar-refractivity contribution in [3.63, 3.8) is 0 Å². The van der Waals surface area contributed by atoms with Crippen LogP contribution in [0.25, 0.3) is 0 Å². The number of hydroxylamine groups is 2. The van der Waals surface area contributed by atoms with Crippen LogP contribution in [0, 0.1) is 5.92 Å². The number of ether oxygens (including phenoxy) is 2.